The van der Waals surface area contributed by atoms with E-state index in [1.54, 1.807) is 0 Å². The predicted octanol–water partition coefficient (Wildman–Crippen LogP) is 1.75. The first-order valence-electron chi connectivity index (χ1n) is 4.95. The maximum atomic E-state index is 5.93. The van der Waals surface area contributed by atoms with Gasteiger partial charge in [-0.05, 0) is 30.0 Å². The van der Waals surface area contributed by atoms with Gasteiger partial charge in [0.15, 0.2) is 0 Å². The Kier molecular flexibility index (Phi) is 1.41. The van der Waals surface area contributed by atoms with Gasteiger partial charge < -0.3 is 5.73 Å². The van der Waals surface area contributed by atoms with Crippen molar-refractivity contribution in [2.75, 3.05) is 5.73 Å². The first-order valence-corrected chi connectivity index (χ1v) is 4.95. The summed E-state index contributed by atoms with van der Waals surface area (Å²) in [5.74, 6) is 0. The average molecular weight is 174 g/mol. The number of benzene rings is 1. The van der Waals surface area contributed by atoms with E-state index >= 15 is 0 Å². The second-order valence-corrected chi connectivity index (χ2v) is 4.12. The molecule has 1 aliphatic heterocycles. The van der Waals surface area contributed by atoms with Crippen LogP contribution in [-0.4, -0.2) is 10.9 Å². The molecule has 1 aliphatic carbocycles. The zero-order valence-corrected chi connectivity index (χ0v) is 7.66. The molecule has 68 valence electrons. The Balaban J connectivity index is 1.94. The van der Waals surface area contributed by atoms with E-state index in [9.17, 15) is 0 Å². The quantitative estimate of drug-likeness (QED) is 0.657. The summed E-state index contributed by atoms with van der Waals surface area (Å²) in [6.07, 6.45) is 2.77. The third kappa shape index (κ3) is 1.13. The second-order valence-electron chi connectivity index (χ2n) is 4.12. The van der Waals surface area contributed by atoms with Crippen LogP contribution < -0.4 is 5.73 Å². The minimum Gasteiger partial charge on any atom is -0.398 e. The average Bonchev–Trinajstić information content (AvgIpc) is 2.87. The zero-order valence-electron chi connectivity index (χ0n) is 7.66. The largest absolute Gasteiger partial charge is 0.398 e. The summed E-state index contributed by atoms with van der Waals surface area (Å²) >= 11 is 0. The Bertz CT molecular complexity index is 342. The number of anilines is 1. The minimum atomic E-state index is 0.854. The Morgan fingerprint density at radius 1 is 1.23 bits per heavy atom. The van der Waals surface area contributed by atoms with Gasteiger partial charge >= 0.3 is 0 Å². The lowest BCUT2D eigenvalue weighted by molar-refractivity contribution is 0.273. The van der Waals surface area contributed by atoms with Gasteiger partial charge in [0, 0.05) is 24.8 Å². The van der Waals surface area contributed by atoms with Gasteiger partial charge in [0.2, 0.25) is 0 Å². The molecule has 2 aliphatic rings. The summed E-state index contributed by atoms with van der Waals surface area (Å²) < 4.78 is 0. The predicted molar refractivity (Wildman–Crippen MR) is 53.1 cm³/mol. The Morgan fingerprint density at radius 3 is 2.77 bits per heavy atom. The SMILES string of the molecule is Nc1cccc2c1CN(C1CC1)C2. The summed E-state index contributed by atoms with van der Waals surface area (Å²) in [6.45, 7) is 2.19. The van der Waals surface area contributed by atoms with Crippen LogP contribution in [0.2, 0.25) is 0 Å². The minimum absolute atomic E-state index is 0.854. The molecule has 0 saturated heterocycles. The second kappa shape index (κ2) is 2.48. The van der Waals surface area contributed by atoms with Gasteiger partial charge in [0.05, 0.1) is 0 Å². The van der Waals surface area contributed by atoms with Gasteiger partial charge in [-0.2, -0.15) is 0 Å². The number of fused-ring (bicyclic) bond motifs is 1. The van der Waals surface area contributed by atoms with Crippen molar-refractivity contribution in [2.24, 2.45) is 0 Å². The van der Waals surface area contributed by atoms with E-state index in [1.807, 2.05) is 6.07 Å². The third-order valence-corrected chi connectivity index (χ3v) is 3.11. The molecule has 0 atom stereocenters. The molecule has 1 aromatic carbocycles. The normalized spacial score (nSPS) is 21.8. The van der Waals surface area contributed by atoms with Crippen molar-refractivity contribution in [3.63, 3.8) is 0 Å². The van der Waals surface area contributed by atoms with Gasteiger partial charge in [-0.3, -0.25) is 4.90 Å². The van der Waals surface area contributed by atoms with Crippen molar-refractivity contribution in [3.05, 3.63) is 29.3 Å². The molecule has 0 radical (unpaired) electrons. The van der Waals surface area contributed by atoms with Gasteiger partial charge in [-0.1, -0.05) is 12.1 Å². The van der Waals surface area contributed by atoms with Crippen LogP contribution in [0, 0.1) is 0 Å². The maximum absolute atomic E-state index is 5.93. The highest BCUT2D eigenvalue weighted by Crippen LogP contribution is 2.36. The lowest BCUT2D eigenvalue weighted by Gasteiger charge is -2.12. The standard InChI is InChI=1S/C11H14N2/c12-11-3-1-2-8-6-13(7-10(8)11)9-4-5-9/h1-3,9H,4-7,12H2. The highest BCUT2D eigenvalue weighted by molar-refractivity contribution is 5.52. The molecule has 3 rings (SSSR count). The van der Waals surface area contributed by atoms with Crippen molar-refractivity contribution in [3.8, 4) is 0 Å². The molecule has 1 fully saturated rings. The lowest BCUT2D eigenvalue weighted by Crippen LogP contribution is -2.18. The van der Waals surface area contributed by atoms with Crippen LogP contribution in [0.15, 0.2) is 18.2 Å². The van der Waals surface area contributed by atoms with E-state index in [0.29, 0.717) is 0 Å². The maximum Gasteiger partial charge on any atom is 0.0363 e. The lowest BCUT2D eigenvalue weighted by atomic mass is 10.1. The van der Waals surface area contributed by atoms with E-state index in [2.05, 4.69) is 17.0 Å². The fraction of sp³-hybridized carbons (Fsp3) is 0.455. The van der Waals surface area contributed by atoms with Crippen LogP contribution in [0.3, 0.4) is 0 Å². The van der Waals surface area contributed by atoms with Gasteiger partial charge in [0.1, 0.15) is 0 Å². The molecule has 2 N–H and O–H groups in total. The van der Waals surface area contributed by atoms with Crippen LogP contribution in [0.4, 0.5) is 5.69 Å². The number of rotatable bonds is 1. The molecule has 0 amide bonds. The number of nitrogen functional groups attached to an aromatic ring is 1. The van der Waals surface area contributed by atoms with Crippen molar-refractivity contribution in [1.29, 1.82) is 0 Å². The Morgan fingerprint density at radius 2 is 2.08 bits per heavy atom. The van der Waals surface area contributed by atoms with Crippen molar-refractivity contribution in [1.82, 2.24) is 4.90 Å². The molecule has 0 spiro atoms. The first kappa shape index (κ1) is 7.39. The summed E-state index contributed by atoms with van der Waals surface area (Å²) in [5, 5.41) is 0. The smallest absolute Gasteiger partial charge is 0.0363 e. The fourth-order valence-electron chi connectivity index (χ4n) is 2.17. The van der Waals surface area contributed by atoms with Gasteiger partial charge in [-0.15, -0.1) is 0 Å². The molecule has 1 heterocycles. The fourth-order valence-corrected chi connectivity index (χ4v) is 2.17. The molecule has 2 nitrogen and oxygen atoms in total. The molecule has 0 bridgehead atoms. The highest BCUT2D eigenvalue weighted by atomic mass is 15.2. The van der Waals surface area contributed by atoms with E-state index in [1.165, 1.54) is 24.0 Å². The van der Waals surface area contributed by atoms with Crippen molar-refractivity contribution < 1.29 is 0 Å². The van der Waals surface area contributed by atoms with E-state index < -0.39 is 0 Å². The Labute approximate surface area is 78.3 Å². The van der Waals surface area contributed by atoms with Crippen LogP contribution >= 0.6 is 0 Å². The third-order valence-electron chi connectivity index (χ3n) is 3.11. The van der Waals surface area contributed by atoms with Crippen molar-refractivity contribution >= 4 is 5.69 Å². The summed E-state index contributed by atoms with van der Waals surface area (Å²) in [7, 11) is 0. The molecule has 2 heteroatoms. The van der Waals surface area contributed by atoms with E-state index in [4.69, 9.17) is 5.73 Å². The summed E-state index contributed by atoms with van der Waals surface area (Å²) in [4.78, 5) is 2.54. The number of nitrogens with zero attached hydrogens (tertiary/aromatic N) is 1. The van der Waals surface area contributed by atoms with Gasteiger partial charge in [0.25, 0.3) is 0 Å². The van der Waals surface area contributed by atoms with E-state index in [-0.39, 0.29) is 0 Å². The molecular formula is C11H14N2. The molecule has 1 aromatic rings. The van der Waals surface area contributed by atoms with Crippen molar-refractivity contribution in [2.45, 2.75) is 32.0 Å². The van der Waals surface area contributed by atoms with Crippen LogP contribution in [-0.2, 0) is 13.1 Å². The number of nitrogens with two attached hydrogens (primary N) is 1. The molecule has 0 unspecified atom stereocenters. The molecule has 0 aromatic heterocycles. The summed E-state index contributed by atoms with van der Waals surface area (Å²) in [6, 6.07) is 7.13. The molecule has 13 heavy (non-hydrogen) atoms. The summed E-state index contributed by atoms with van der Waals surface area (Å²) in [5.41, 5.74) is 9.71. The topological polar surface area (TPSA) is 29.3 Å². The molecular weight excluding hydrogens is 160 g/mol. The Hall–Kier alpha value is -1.02. The monoisotopic (exact) mass is 174 g/mol. The van der Waals surface area contributed by atoms with Crippen LogP contribution in [0.25, 0.3) is 0 Å². The van der Waals surface area contributed by atoms with Crippen LogP contribution in [0.1, 0.15) is 24.0 Å². The number of hydrogen-bond donors (Lipinski definition) is 1. The highest BCUT2D eigenvalue weighted by Gasteiger charge is 2.33. The zero-order chi connectivity index (χ0) is 8.84. The van der Waals surface area contributed by atoms with E-state index in [0.717, 1.165) is 24.8 Å². The van der Waals surface area contributed by atoms with Gasteiger partial charge in [-0.25, -0.2) is 0 Å². The number of hydrogen-bond acceptors (Lipinski definition) is 2. The first-order chi connectivity index (χ1) is 6.34. The molecule has 1 saturated carbocycles. The van der Waals surface area contributed by atoms with Crippen LogP contribution in [0.5, 0.6) is 0 Å².